The van der Waals surface area contributed by atoms with Crippen LogP contribution in [0.1, 0.15) is 46.5 Å². The summed E-state index contributed by atoms with van der Waals surface area (Å²) in [6, 6.07) is 1.99. The molecule has 0 aromatic rings. The van der Waals surface area contributed by atoms with Crippen molar-refractivity contribution in [3.8, 4) is 6.07 Å². The summed E-state index contributed by atoms with van der Waals surface area (Å²) in [4.78, 5) is 10.6. The zero-order chi connectivity index (χ0) is 13.3. The minimum absolute atomic E-state index is 0.190. The Labute approximate surface area is 103 Å². The zero-order valence-electron chi connectivity index (χ0n) is 10.9. The van der Waals surface area contributed by atoms with E-state index in [4.69, 9.17) is 15.7 Å². The molecule has 0 saturated carbocycles. The van der Waals surface area contributed by atoms with Crippen molar-refractivity contribution in [2.24, 2.45) is 11.1 Å². The van der Waals surface area contributed by atoms with Gasteiger partial charge in [0.05, 0.1) is 12.5 Å². The van der Waals surface area contributed by atoms with Crippen LogP contribution in [0.3, 0.4) is 0 Å². The van der Waals surface area contributed by atoms with Crippen molar-refractivity contribution in [1.29, 1.82) is 5.26 Å². The van der Waals surface area contributed by atoms with Crippen LogP contribution >= 0.6 is 0 Å². The molecular formula is C13H22N2O2. The number of nitrogens with two attached hydrogens (primary N) is 1. The minimum Gasteiger partial charge on any atom is -0.445 e. The first kappa shape index (κ1) is 15.5. The Morgan fingerprint density at radius 1 is 1.53 bits per heavy atom. The van der Waals surface area contributed by atoms with E-state index in [1.165, 1.54) is 0 Å². The average Bonchev–Trinajstić information content (AvgIpc) is 2.14. The van der Waals surface area contributed by atoms with E-state index in [1.54, 1.807) is 0 Å². The Kier molecular flexibility index (Phi) is 7.04. The highest BCUT2D eigenvalue weighted by Crippen LogP contribution is 2.16. The number of amides is 1. The smallest absolute Gasteiger partial charge is 0.404 e. The molecule has 0 rings (SSSR count). The van der Waals surface area contributed by atoms with Gasteiger partial charge >= 0.3 is 6.09 Å². The first-order chi connectivity index (χ1) is 7.85. The number of carbonyl (C=O) groups is 1. The molecule has 17 heavy (non-hydrogen) atoms. The van der Waals surface area contributed by atoms with E-state index in [1.807, 2.05) is 6.07 Å². The van der Waals surface area contributed by atoms with E-state index in [9.17, 15) is 4.79 Å². The predicted octanol–water partition coefficient (Wildman–Crippen LogP) is 3.14. The molecule has 0 fully saturated rings. The number of allylic oxidation sites excluding steroid dienone is 2. The SMILES string of the molecule is CC(C)(C)C=CCCCC(CC#N)OC(N)=O. The highest BCUT2D eigenvalue weighted by Gasteiger charge is 2.11. The quantitative estimate of drug-likeness (QED) is 0.570. The third kappa shape index (κ3) is 10.8. The number of carbonyl (C=O) groups excluding carboxylic acids is 1. The molecule has 0 aliphatic carbocycles. The molecule has 1 atom stereocenters. The van der Waals surface area contributed by atoms with Crippen molar-refractivity contribution in [3.63, 3.8) is 0 Å². The third-order valence-electron chi connectivity index (χ3n) is 2.12. The fourth-order valence-electron chi connectivity index (χ4n) is 1.37. The van der Waals surface area contributed by atoms with Gasteiger partial charge in [-0.3, -0.25) is 0 Å². The number of nitrogens with zero attached hydrogens (tertiary/aromatic N) is 1. The molecule has 96 valence electrons. The lowest BCUT2D eigenvalue weighted by Crippen LogP contribution is -2.22. The van der Waals surface area contributed by atoms with Crippen LogP contribution in [0.4, 0.5) is 4.79 Å². The number of unbranched alkanes of at least 4 members (excludes halogenated alkanes) is 1. The van der Waals surface area contributed by atoms with Crippen LogP contribution in [-0.2, 0) is 4.74 Å². The molecule has 0 aliphatic heterocycles. The third-order valence-corrected chi connectivity index (χ3v) is 2.12. The van der Waals surface area contributed by atoms with Crippen LogP contribution in [0.5, 0.6) is 0 Å². The maximum absolute atomic E-state index is 10.6. The summed E-state index contributed by atoms with van der Waals surface area (Å²) >= 11 is 0. The molecule has 0 spiro atoms. The van der Waals surface area contributed by atoms with E-state index >= 15 is 0 Å². The van der Waals surface area contributed by atoms with Crippen molar-refractivity contribution in [2.45, 2.75) is 52.6 Å². The van der Waals surface area contributed by atoms with Crippen molar-refractivity contribution in [3.05, 3.63) is 12.2 Å². The lowest BCUT2D eigenvalue weighted by Gasteiger charge is -2.13. The molecule has 0 aromatic heterocycles. The fraction of sp³-hybridized carbons (Fsp3) is 0.692. The second-order valence-corrected chi connectivity index (χ2v) is 5.12. The van der Waals surface area contributed by atoms with E-state index in [0.717, 1.165) is 12.8 Å². The highest BCUT2D eigenvalue weighted by atomic mass is 16.6. The molecule has 4 heteroatoms. The van der Waals surface area contributed by atoms with Crippen LogP contribution in [0.25, 0.3) is 0 Å². The number of nitriles is 1. The fourth-order valence-corrected chi connectivity index (χ4v) is 1.37. The van der Waals surface area contributed by atoms with Gasteiger partial charge in [0.25, 0.3) is 0 Å². The summed E-state index contributed by atoms with van der Waals surface area (Å²) in [6.45, 7) is 6.41. The molecule has 1 amide bonds. The first-order valence-electron chi connectivity index (χ1n) is 5.86. The second kappa shape index (κ2) is 7.72. The van der Waals surface area contributed by atoms with E-state index in [2.05, 4.69) is 32.9 Å². The van der Waals surface area contributed by atoms with Gasteiger partial charge in [0, 0.05) is 0 Å². The molecular weight excluding hydrogens is 216 g/mol. The van der Waals surface area contributed by atoms with Gasteiger partial charge in [-0.05, 0) is 24.7 Å². The summed E-state index contributed by atoms with van der Waals surface area (Å²) in [7, 11) is 0. The molecule has 2 N–H and O–H groups in total. The Morgan fingerprint density at radius 3 is 2.65 bits per heavy atom. The summed E-state index contributed by atoms with van der Waals surface area (Å²) in [5.74, 6) is 0. The summed E-state index contributed by atoms with van der Waals surface area (Å²) in [5, 5.41) is 8.56. The molecule has 1 unspecified atom stereocenters. The number of rotatable bonds is 6. The minimum atomic E-state index is -0.810. The van der Waals surface area contributed by atoms with Crippen LogP contribution < -0.4 is 5.73 Å². The Hall–Kier alpha value is -1.50. The number of primary amides is 1. The molecule has 0 saturated heterocycles. The van der Waals surface area contributed by atoms with Gasteiger partial charge in [0.15, 0.2) is 0 Å². The zero-order valence-corrected chi connectivity index (χ0v) is 10.9. The Morgan fingerprint density at radius 2 is 2.18 bits per heavy atom. The Bertz CT molecular complexity index is 298. The topological polar surface area (TPSA) is 76.1 Å². The monoisotopic (exact) mass is 238 g/mol. The Balaban J connectivity index is 3.87. The van der Waals surface area contributed by atoms with Gasteiger partial charge in [-0.1, -0.05) is 32.9 Å². The molecule has 4 nitrogen and oxygen atoms in total. The van der Waals surface area contributed by atoms with Crippen LogP contribution in [0, 0.1) is 16.7 Å². The van der Waals surface area contributed by atoms with Gasteiger partial charge < -0.3 is 10.5 Å². The van der Waals surface area contributed by atoms with Gasteiger partial charge in [-0.2, -0.15) is 5.26 Å². The lowest BCUT2D eigenvalue weighted by atomic mass is 9.95. The van der Waals surface area contributed by atoms with Gasteiger partial charge in [-0.25, -0.2) is 4.79 Å². The molecule has 0 aliphatic rings. The molecule has 0 radical (unpaired) electrons. The van der Waals surface area contributed by atoms with Crippen molar-refractivity contribution in [2.75, 3.05) is 0 Å². The van der Waals surface area contributed by atoms with E-state index in [0.29, 0.717) is 6.42 Å². The second-order valence-electron chi connectivity index (χ2n) is 5.12. The van der Waals surface area contributed by atoms with Crippen molar-refractivity contribution >= 4 is 6.09 Å². The van der Waals surface area contributed by atoms with Crippen molar-refractivity contribution < 1.29 is 9.53 Å². The first-order valence-corrected chi connectivity index (χ1v) is 5.86. The lowest BCUT2D eigenvalue weighted by molar-refractivity contribution is 0.102. The molecule has 0 aromatic carbocycles. The largest absolute Gasteiger partial charge is 0.445 e. The number of hydrogen-bond donors (Lipinski definition) is 1. The summed E-state index contributed by atoms with van der Waals surface area (Å²) in [5.41, 5.74) is 5.12. The normalized spacial score (nSPS) is 13.3. The van der Waals surface area contributed by atoms with E-state index in [-0.39, 0.29) is 17.9 Å². The predicted molar refractivity (Wildman–Crippen MR) is 67.1 cm³/mol. The van der Waals surface area contributed by atoms with E-state index < -0.39 is 6.09 Å². The summed E-state index contributed by atoms with van der Waals surface area (Å²) in [6.07, 6.45) is 5.76. The molecule has 0 heterocycles. The van der Waals surface area contributed by atoms with Crippen molar-refractivity contribution in [1.82, 2.24) is 0 Å². The van der Waals surface area contributed by atoms with Crippen LogP contribution in [-0.4, -0.2) is 12.2 Å². The van der Waals surface area contributed by atoms with Gasteiger partial charge in [0.2, 0.25) is 0 Å². The maximum Gasteiger partial charge on any atom is 0.404 e. The molecule has 0 bridgehead atoms. The number of hydrogen-bond acceptors (Lipinski definition) is 3. The number of ether oxygens (including phenoxy) is 1. The standard InChI is InChI=1S/C13H22N2O2/c1-13(2,3)9-6-4-5-7-11(8-10-14)17-12(15)16/h6,9,11H,4-5,7-8H2,1-3H3,(H2,15,16). The van der Waals surface area contributed by atoms with Crippen LogP contribution in [0.2, 0.25) is 0 Å². The van der Waals surface area contributed by atoms with Gasteiger partial charge in [-0.15, -0.1) is 0 Å². The van der Waals surface area contributed by atoms with Crippen LogP contribution in [0.15, 0.2) is 12.2 Å². The summed E-state index contributed by atoms with van der Waals surface area (Å²) < 4.78 is 4.83. The van der Waals surface area contributed by atoms with Gasteiger partial charge in [0.1, 0.15) is 6.10 Å². The highest BCUT2D eigenvalue weighted by molar-refractivity contribution is 5.64. The average molecular weight is 238 g/mol. The maximum atomic E-state index is 10.6.